The molecular formula is C18H25ClN2O4. The Morgan fingerprint density at radius 2 is 2.04 bits per heavy atom. The predicted octanol–water partition coefficient (Wildman–Crippen LogP) is 3.03. The summed E-state index contributed by atoms with van der Waals surface area (Å²) in [5, 5.41) is 3.19. The Morgan fingerprint density at radius 3 is 2.72 bits per heavy atom. The van der Waals surface area contributed by atoms with E-state index in [1.54, 1.807) is 0 Å². The summed E-state index contributed by atoms with van der Waals surface area (Å²) in [6.45, 7) is 3.99. The molecule has 1 fully saturated rings. The number of nitrogens with one attached hydrogen (secondary N) is 1. The third-order valence-corrected chi connectivity index (χ3v) is 5.25. The molecule has 3 N–H and O–H groups in total. The summed E-state index contributed by atoms with van der Waals surface area (Å²) in [6.07, 6.45) is 3.23. The number of ether oxygens (including phenoxy) is 2. The van der Waals surface area contributed by atoms with Crippen molar-refractivity contribution in [3.63, 3.8) is 0 Å². The second kappa shape index (κ2) is 8.43. The molecule has 3 atom stereocenters. The second-order valence-electron chi connectivity index (χ2n) is 6.59. The normalized spacial score (nSPS) is 23.0. The Balaban J connectivity index is 1.93. The van der Waals surface area contributed by atoms with E-state index in [1.165, 1.54) is 25.7 Å². The fourth-order valence-corrected chi connectivity index (χ4v) is 3.30. The highest BCUT2D eigenvalue weighted by molar-refractivity contribution is 6.33. The van der Waals surface area contributed by atoms with Crippen molar-refractivity contribution < 1.29 is 19.1 Å². The fourth-order valence-electron chi connectivity index (χ4n) is 3.14. The van der Waals surface area contributed by atoms with Crippen LogP contribution in [0.15, 0.2) is 12.1 Å². The largest absolute Gasteiger partial charge is 0.496 e. The number of carbonyl (C=O) groups excluding carboxylic acids is 2. The summed E-state index contributed by atoms with van der Waals surface area (Å²) < 4.78 is 10.2. The van der Waals surface area contributed by atoms with Crippen LogP contribution in [0.25, 0.3) is 0 Å². The van der Waals surface area contributed by atoms with E-state index in [0.29, 0.717) is 17.5 Å². The van der Waals surface area contributed by atoms with E-state index in [9.17, 15) is 9.59 Å². The van der Waals surface area contributed by atoms with E-state index in [0.717, 1.165) is 12.8 Å². The first-order valence-corrected chi connectivity index (χ1v) is 8.80. The average Bonchev–Trinajstić information content (AvgIpc) is 2.58. The lowest BCUT2D eigenvalue weighted by atomic mass is 9.78. The molecule has 0 aliphatic heterocycles. The zero-order chi connectivity index (χ0) is 18.6. The zero-order valence-electron chi connectivity index (χ0n) is 14.8. The Bertz CT molecular complexity index is 650. The van der Waals surface area contributed by atoms with Gasteiger partial charge in [0.15, 0.2) is 6.61 Å². The van der Waals surface area contributed by atoms with Gasteiger partial charge in [-0.2, -0.15) is 0 Å². The molecule has 1 aromatic rings. The minimum Gasteiger partial charge on any atom is -0.496 e. The second-order valence-corrected chi connectivity index (χ2v) is 7.00. The maximum Gasteiger partial charge on any atom is 0.342 e. The number of esters is 1. The molecule has 6 nitrogen and oxygen atoms in total. The van der Waals surface area contributed by atoms with Gasteiger partial charge in [-0.25, -0.2) is 4.79 Å². The Labute approximate surface area is 153 Å². The Morgan fingerprint density at radius 1 is 1.32 bits per heavy atom. The molecule has 0 radical (unpaired) electrons. The fraction of sp³-hybridized carbons (Fsp3) is 0.556. The van der Waals surface area contributed by atoms with Crippen LogP contribution in [0.2, 0.25) is 5.02 Å². The highest BCUT2D eigenvalue weighted by Crippen LogP contribution is 2.30. The number of methoxy groups -OCH3 is 1. The van der Waals surface area contributed by atoms with Gasteiger partial charge in [0.05, 0.1) is 17.8 Å². The van der Waals surface area contributed by atoms with Crippen LogP contribution in [-0.4, -0.2) is 31.6 Å². The summed E-state index contributed by atoms with van der Waals surface area (Å²) >= 11 is 5.94. The maximum atomic E-state index is 12.2. The molecule has 1 aliphatic carbocycles. The van der Waals surface area contributed by atoms with Gasteiger partial charge in [0, 0.05) is 12.1 Å². The van der Waals surface area contributed by atoms with E-state index in [-0.39, 0.29) is 34.9 Å². The highest BCUT2D eigenvalue weighted by atomic mass is 35.5. The molecule has 2 rings (SSSR count). The summed E-state index contributed by atoms with van der Waals surface area (Å²) in [5.74, 6) is 0.244. The lowest BCUT2D eigenvalue weighted by Crippen LogP contribution is -2.45. The topological polar surface area (TPSA) is 90.7 Å². The Kier molecular flexibility index (Phi) is 6.53. The van der Waals surface area contributed by atoms with Crippen LogP contribution in [0.5, 0.6) is 5.75 Å². The highest BCUT2D eigenvalue weighted by Gasteiger charge is 2.28. The SMILES string of the molecule is COc1cc(N)c(Cl)cc1C(=O)OCC(=O)N[C@H]1CCC[C@H](C)[C@H]1C. The van der Waals surface area contributed by atoms with Gasteiger partial charge in [0.2, 0.25) is 0 Å². The number of rotatable bonds is 5. The van der Waals surface area contributed by atoms with Gasteiger partial charge >= 0.3 is 5.97 Å². The lowest BCUT2D eigenvalue weighted by Gasteiger charge is -2.34. The first-order chi connectivity index (χ1) is 11.8. The standard InChI is InChI=1S/C18H25ClN2O4/c1-10-5-4-6-15(11(10)2)21-17(22)9-25-18(23)12-7-13(19)14(20)8-16(12)24-3/h7-8,10-11,15H,4-6,9,20H2,1-3H3,(H,21,22)/t10-,11+,15-/m0/s1. The summed E-state index contributed by atoms with van der Waals surface area (Å²) in [6, 6.07) is 2.95. The number of nitrogen functional groups attached to an aromatic ring is 1. The average molecular weight is 369 g/mol. The van der Waals surface area contributed by atoms with Crippen molar-refractivity contribution in [1.29, 1.82) is 0 Å². The van der Waals surface area contributed by atoms with Gasteiger partial charge in [-0.15, -0.1) is 0 Å². The lowest BCUT2D eigenvalue weighted by molar-refractivity contribution is -0.125. The van der Waals surface area contributed by atoms with E-state index < -0.39 is 5.97 Å². The van der Waals surface area contributed by atoms with E-state index >= 15 is 0 Å². The van der Waals surface area contributed by atoms with Crippen molar-refractivity contribution in [2.45, 2.75) is 39.2 Å². The molecule has 1 amide bonds. The van der Waals surface area contributed by atoms with Gasteiger partial charge in [-0.3, -0.25) is 4.79 Å². The molecule has 1 aromatic carbocycles. The van der Waals surface area contributed by atoms with Crippen LogP contribution < -0.4 is 15.8 Å². The van der Waals surface area contributed by atoms with Gasteiger partial charge in [-0.05, 0) is 24.3 Å². The van der Waals surface area contributed by atoms with Crippen molar-refractivity contribution >= 4 is 29.2 Å². The van der Waals surface area contributed by atoms with E-state index in [1.807, 2.05) is 0 Å². The molecule has 1 aliphatic rings. The smallest absolute Gasteiger partial charge is 0.342 e. The molecule has 0 aromatic heterocycles. The molecule has 0 bridgehead atoms. The first kappa shape index (κ1) is 19.4. The first-order valence-electron chi connectivity index (χ1n) is 8.43. The minimum atomic E-state index is -0.682. The van der Waals surface area contributed by atoms with Crippen molar-refractivity contribution in [3.8, 4) is 5.75 Å². The van der Waals surface area contributed by atoms with Crippen LogP contribution in [-0.2, 0) is 9.53 Å². The molecule has 0 spiro atoms. The summed E-state index contributed by atoms with van der Waals surface area (Å²) in [7, 11) is 1.41. The predicted molar refractivity (Wildman–Crippen MR) is 96.8 cm³/mol. The third kappa shape index (κ3) is 4.78. The monoisotopic (exact) mass is 368 g/mol. The number of halogens is 1. The van der Waals surface area contributed by atoms with E-state index in [2.05, 4.69) is 19.2 Å². The number of amides is 1. The molecule has 0 unspecified atom stereocenters. The summed E-state index contributed by atoms with van der Waals surface area (Å²) in [5.41, 5.74) is 6.12. The number of carbonyl (C=O) groups is 2. The van der Waals surface area contributed by atoms with Crippen molar-refractivity contribution in [1.82, 2.24) is 5.32 Å². The van der Waals surface area contributed by atoms with Gasteiger partial charge < -0.3 is 20.5 Å². The van der Waals surface area contributed by atoms with Crippen LogP contribution >= 0.6 is 11.6 Å². The third-order valence-electron chi connectivity index (χ3n) is 4.93. The van der Waals surface area contributed by atoms with Crippen molar-refractivity contribution in [2.75, 3.05) is 19.5 Å². The molecule has 7 heteroatoms. The van der Waals surface area contributed by atoms with Crippen molar-refractivity contribution in [3.05, 3.63) is 22.7 Å². The number of anilines is 1. The number of benzene rings is 1. The van der Waals surface area contributed by atoms with Crippen LogP contribution in [0.1, 0.15) is 43.5 Å². The van der Waals surface area contributed by atoms with Gasteiger partial charge in [0.1, 0.15) is 11.3 Å². The molecule has 138 valence electrons. The molecular weight excluding hydrogens is 344 g/mol. The van der Waals surface area contributed by atoms with Gasteiger partial charge in [-0.1, -0.05) is 38.3 Å². The molecule has 0 heterocycles. The number of hydrogen-bond acceptors (Lipinski definition) is 5. The zero-order valence-corrected chi connectivity index (χ0v) is 15.6. The van der Waals surface area contributed by atoms with Gasteiger partial charge in [0.25, 0.3) is 5.91 Å². The number of hydrogen-bond donors (Lipinski definition) is 2. The maximum absolute atomic E-state index is 12.2. The quantitative estimate of drug-likeness (QED) is 0.615. The molecule has 1 saturated carbocycles. The van der Waals surface area contributed by atoms with Crippen LogP contribution in [0, 0.1) is 11.8 Å². The summed E-state index contributed by atoms with van der Waals surface area (Å²) in [4.78, 5) is 24.3. The molecule has 0 saturated heterocycles. The van der Waals surface area contributed by atoms with Crippen molar-refractivity contribution in [2.24, 2.45) is 11.8 Å². The van der Waals surface area contributed by atoms with Crippen LogP contribution in [0.3, 0.4) is 0 Å². The van der Waals surface area contributed by atoms with E-state index in [4.69, 9.17) is 26.8 Å². The minimum absolute atomic E-state index is 0.121. The van der Waals surface area contributed by atoms with Crippen LogP contribution in [0.4, 0.5) is 5.69 Å². The Hall–Kier alpha value is -1.95. The number of nitrogens with two attached hydrogens (primary N) is 1. The molecule has 25 heavy (non-hydrogen) atoms.